The molecule has 0 bridgehead atoms. The smallest absolute Gasteiger partial charge is 0.216 e. The summed E-state index contributed by atoms with van der Waals surface area (Å²) < 4.78 is 29.6. The molecule has 5 nitrogen and oxygen atoms in total. The third-order valence-corrected chi connectivity index (χ3v) is 4.25. The molecule has 1 rings (SSSR count). The lowest BCUT2D eigenvalue weighted by Crippen LogP contribution is -2.27. The van der Waals surface area contributed by atoms with Crippen molar-refractivity contribution in [2.45, 2.75) is 13.5 Å². The van der Waals surface area contributed by atoms with Gasteiger partial charge in [-0.15, -0.1) is 0 Å². The summed E-state index contributed by atoms with van der Waals surface area (Å²) >= 11 is 0. The van der Waals surface area contributed by atoms with Crippen LogP contribution in [0, 0.1) is 6.92 Å². The zero-order chi connectivity index (χ0) is 13.8. The molecular formula is C12H19NO4S. The molecule has 0 aliphatic rings. The van der Waals surface area contributed by atoms with Crippen molar-refractivity contribution in [2.24, 2.45) is 0 Å². The van der Waals surface area contributed by atoms with E-state index in [1.807, 2.05) is 13.0 Å². The largest absolute Gasteiger partial charge is 0.492 e. The highest BCUT2D eigenvalue weighted by atomic mass is 32.2. The summed E-state index contributed by atoms with van der Waals surface area (Å²) in [6.07, 6.45) is 0. The molecule has 18 heavy (non-hydrogen) atoms. The summed E-state index contributed by atoms with van der Waals surface area (Å²) in [6, 6.07) is 5.36. The molecule has 0 amide bonds. The number of rotatable bonds is 6. The first-order chi connectivity index (χ1) is 8.35. The maximum absolute atomic E-state index is 11.5. The van der Waals surface area contributed by atoms with Gasteiger partial charge in [-0.2, -0.15) is 0 Å². The Morgan fingerprint density at radius 3 is 2.50 bits per heavy atom. The number of hydrogen-bond donors (Lipinski definition) is 1. The number of nitrogens with zero attached hydrogens (tertiary/aromatic N) is 1. The minimum atomic E-state index is -3.24. The molecule has 1 aromatic carbocycles. The second-order valence-electron chi connectivity index (χ2n) is 4.26. The van der Waals surface area contributed by atoms with E-state index in [1.54, 1.807) is 12.1 Å². The Hall–Kier alpha value is -1.11. The monoisotopic (exact) mass is 273 g/mol. The molecule has 6 heteroatoms. The minimum absolute atomic E-state index is 0.0615. The van der Waals surface area contributed by atoms with Crippen molar-refractivity contribution in [3.8, 4) is 5.75 Å². The van der Waals surface area contributed by atoms with Gasteiger partial charge in [0.15, 0.2) is 0 Å². The quantitative estimate of drug-likeness (QED) is 0.831. The molecule has 0 saturated carbocycles. The zero-order valence-corrected chi connectivity index (χ0v) is 11.7. The molecule has 0 aliphatic carbocycles. The minimum Gasteiger partial charge on any atom is -0.492 e. The standard InChI is InChI=1S/C12H19NO4S/c1-10-6-11(9-14)8-12(7-10)17-4-5-18(15,16)13(2)3/h6-8,14H,4-5,9H2,1-3H3. The van der Waals surface area contributed by atoms with Crippen molar-refractivity contribution in [3.05, 3.63) is 29.3 Å². The first-order valence-corrected chi connectivity index (χ1v) is 7.20. The number of sulfonamides is 1. The summed E-state index contributed by atoms with van der Waals surface area (Å²) in [5.41, 5.74) is 1.72. The molecule has 102 valence electrons. The van der Waals surface area contributed by atoms with Gasteiger partial charge < -0.3 is 9.84 Å². The van der Waals surface area contributed by atoms with Gasteiger partial charge in [0, 0.05) is 14.1 Å². The number of ether oxygens (including phenoxy) is 1. The van der Waals surface area contributed by atoms with E-state index in [-0.39, 0.29) is 19.0 Å². The van der Waals surface area contributed by atoms with E-state index in [9.17, 15) is 8.42 Å². The second kappa shape index (κ2) is 6.17. The Kier molecular flexibility index (Phi) is 5.13. The highest BCUT2D eigenvalue weighted by Crippen LogP contribution is 2.17. The average molecular weight is 273 g/mol. The number of aryl methyl sites for hydroxylation is 1. The molecule has 1 aromatic rings. The van der Waals surface area contributed by atoms with Crippen molar-refractivity contribution in [1.82, 2.24) is 4.31 Å². The van der Waals surface area contributed by atoms with E-state index in [0.29, 0.717) is 5.75 Å². The predicted molar refractivity (Wildman–Crippen MR) is 70.1 cm³/mol. The average Bonchev–Trinajstić information content (AvgIpc) is 2.27. The molecule has 0 spiro atoms. The molecule has 1 N–H and O–H groups in total. The third-order valence-electron chi connectivity index (χ3n) is 2.46. The van der Waals surface area contributed by atoms with Gasteiger partial charge in [0.1, 0.15) is 12.4 Å². The number of hydrogen-bond acceptors (Lipinski definition) is 4. The van der Waals surface area contributed by atoms with Crippen LogP contribution in [0.25, 0.3) is 0 Å². The lowest BCUT2D eigenvalue weighted by molar-refractivity contribution is 0.280. The summed E-state index contributed by atoms with van der Waals surface area (Å²) in [5, 5.41) is 9.06. The van der Waals surface area contributed by atoms with Crippen molar-refractivity contribution >= 4 is 10.0 Å². The molecule has 0 radical (unpaired) electrons. The summed E-state index contributed by atoms with van der Waals surface area (Å²) in [7, 11) is -0.251. The second-order valence-corrected chi connectivity index (χ2v) is 6.56. The maximum Gasteiger partial charge on any atom is 0.216 e. The van der Waals surface area contributed by atoms with E-state index in [1.165, 1.54) is 18.4 Å². The van der Waals surface area contributed by atoms with Crippen molar-refractivity contribution < 1.29 is 18.3 Å². The van der Waals surface area contributed by atoms with Crippen LogP contribution in [0.5, 0.6) is 5.75 Å². The third kappa shape index (κ3) is 4.29. The first-order valence-electron chi connectivity index (χ1n) is 5.59. The van der Waals surface area contributed by atoms with Crippen LogP contribution in [0.2, 0.25) is 0 Å². The first kappa shape index (κ1) is 14.9. The van der Waals surface area contributed by atoms with Crippen LogP contribution in [0.3, 0.4) is 0 Å². The van der Waals surface area contributed by atoms with Crippen LogP contribution in [-0.2, 0) is 16.6 Å². The van der Waals surface area contributed by atoms with Crippen LogP contribution in [0.4, 0.5) is 0 Å². The highest BCUT2D eigenvalue weighted by molar-refractivity contribution is 7.89. The topological polar surface area (TPSA) is 66.8 Å². The molecule has 0 aromatic heterocycles. The predicted octanol–water partition coefficient (Wildman–Crippen LogP) is 0.758. The van der Waals surface area contributed by atoms with Gasteiger partial charge >= 0.3 is 0 Å². The normalized spacial score (nSPS) is 11.8. The summed E-state index contributed by atoms with van der Waals surface area (Å²) in [4.78, 5) is 0. The lowest BCUT2D eigenvalue weighted by atomic mass is 10.1. The van der Waals surface area contributed by atoms with E-state index in [0.717, 1.165) is 11.1 Å². The molecule has 0 unspecified atom stereocenters. The van der Waals surface area contributed by atoms with E-state index >= 15 is 0 Å². The van der Waals surface area contributed by atoms with E-state index in [4.69, 9.17) is 9.84 Å². The van der Waals surface area contributed by atoms with Gasteiger partial charge in [-0.3, -0.25) is 0 Å². The van der Waals surface area contributed by atoms with Crippen molar-refractivity contribution in [3.63, 3.8) is 0 Å². The zero-order valence-electron chi connectivity index (χ0n) is 10.9. The Balaban J connectivity index is 2.62. The van der Waals surface area contributed by atoms with Gasteiger partial charge in [-0.05, 0) is 30.2 Å². The molecule has 0 atom stereocenters. The summed E-state index contributed by atoms with van der Waals surface area (Å²) in [6.45, 7) is 1.92. The van der Waals surface area contributed by atoms with Crippen LogP contribution in [-0.4, -0.2) is 44.3 Å². The number of benzene rings is 1. The Morgan fingerprint density at radius 1 is 1.28 bits per heavy atom. The fraction of sp³-hybridized carbons (Fsp3) is 0.500. The lowest BCUT2D eigenvalue weighted by Gasteiger charge is -2.12. The van der Waals surface area contributed by atoms with Gasteiger partial charge in [0.2, 0.25) is 10.0 Å². The SMILES string of the molecule is Cc1cc(CO)cc(OCCS(=O)(=O)N(C)C)c1. The van der Waals surface area contributed by atoms with Crippen LogP contribution >= 0.6 is 0 Å². The molecular weight excluding hydrogens is 254 g/mol. The van der Waals surface area contributed by atoms with Crippen molar-refractivity contribution in [2.75, 3.05) is 26.5 Å². The van der Waals surface area contributed by atoms with Gasteiger partial charge in [-0.1, -0.05) is 6.07 Å². The highest BCUT2D eigenvalue weighted by Gasteiger charge is 2.13. The van der Waals surface area contributed by atoms with Gasteiger partial charge in [-0.25, -0.2) is 12.7 Å². The van der Waals surface area contributed by atoms with Gasteiger partial charge in [0.25, 0.3) is 0 Å². The fourth-order valence-electron chi connectivity index (χ4n) is 1.45. The van der Waals surface area contributed by atoms with Crippen molar-refractivity contribution in [1.29, 1.82) is 0 Å². The van der Waals surface area contributed by atoms with Crippen LogP contribution in [0.1, 0.15) is 11.1 Å². The van der Waals surface area contributed by atoms with Crippen LogP contribution in [0.15, 0.2) is 18.2 Å². The number of aliphatic hydroxyl groups is 1. The van der Waals surface area contributed by atoms with Crippen LogP contribution < -0.4 is 4.74 Å². The molecule has 0 heterocycles. The molecule has 0 fully saturated rings. The maximum atomic E-state index is 11.5. The van der Waals surface area contributed by atoms with E-state index in [2.05, 4.69) is 0 Å². The molecule has 0 aliphatic heterocycles. The number of aliphatic hydroxyl groups excluding tert-OH is 1. The Morgan fingerprint density at radius 2 is 1.94 bits per heavy atom. The Labute approximate surface area is 108 Å². The fourth-order valence-corrected chi connectivity index (χ4v) is 2.11. The van der Waals surface area contributed by atoms with Gasteiger partial charge in [0.05, 0.1) is 12.4 Å². The Bertz CT molecular complexity index is 497. The summed E-state index contributed by atoms with van der Waals surface area (Å²) in [5.74, 6) is 0.510. The van der Waals surface area contributed by atoms with E-state index < -0.39 is 10.0 Å². The molecule has 0 saturated heterocycles.